The smallest absolute Gasteiger partial charge is 0.234 e. The molecule has 0 aliphatic heterocycles. The van der Waals surface area contributed by atoms with E-state index in [1.165, 1.54) is 25.7 Å². The van der Waals surface area contributed by atoms with Crippen molar-refractivity contribution in [2.45, 2.75) is 59.4 Å². The molecule has 0 amide bonds. The van der Waals surface area contributed by atoms with Crippen LogP contribution in [0.2, 0.25) is 0 Å². The van der Waals surface area contributed by atoms with Crippen LogP contribution < -0.4 is 0 Å². The lowest BCUT2D eigenvalue weighted by Gasteiger charge is -2.54. The Morgan fingerprint density at radius 1 is 1.24 bits per heavy atom. The number of nitrogens with zero attached hydrogens (tertiary/aromatic N) is 1. The highest BCUT2D eigenvalue weighted by Crippen LogP contribution is 2.71. The van der Waals surface area contributed by atoms with Gasteiger partial charge in [0, 0.05) is 10.8 Å². The summed E-state index contributed by atoms with van der Waals surface area (Å²) in [5.74, 6) is 3.47. The molecule has 0 unspecified atom stereocenters. The first-order valence-electron chi connectivity index (χ1n) is 7.29. The SMILES string of the molecule is [C-]#[N+][C@H]1[C@]2(C)CC[C@H]3[C@@H](C2)[C@@H](C(C)C)C[C@]31C. The van der Waals surface area contributed by atoms with Gasteiger partial charge in [-0.15, -0.1) is 0 Å². The summed E-state index contributed by atoms with van der Waals surface area (Å²) in [7, 11) is 0. The third kappa shape index (κ3) is 1.25. The van der Waals surface area contributed by atoms with Crippen LogP contribution in [0.3, 0.4) is 0 Å². The molecule has 0 N–H and O–H groups in total. The van der Waals surface area contributed by atoms with Gasteiger partial charge in [-0.2, -0.15) is 0 Å². The molecule has 0 radical (unpaired) electrons. The first-order valence-corrected chi connectivity index (χ1v) is 7.29. The fourth-order valence-electron chi connectivity index (χ4n) is 5.95. The number of rotatable bonds is 1. The largest absolute Gasteiger partial charge is 0.312 e. The second-order valence-corrected chi connectivity index (χ2v) is 7.82. The molecule has 0 saturated heterocycles. The highest BCUT2D eigenvalue weighted by molar-refractivity contribution is 5.20. The van der Waals surface area contributed by atoms with E-state index in [2.05, 4.69) is 32.5 Å². The van der Waals surface area contributed by atoms with E-state index in [1.54, 1.807) is 0 Å². The van der Waals surface area contributed by atoms with Crippen LogP contribution in [0.15, 0.2) is 0 Å². The number of fused-ring (bicyclic) bond motifs is 1. The maximum Gasteiger partial charge on any atom is 0.234 e. The van der Waals surface area contributed by atoms with E-state index in [9.17, 15) is 0 Å². The third-order valence-corrected chi connectivity index (χ3v) is 6.59. The summed E-state index contributed by atoms with van der Waals surface area (Å²) >= 11 is 0. The Bertz CT molecular complexity index is 379. The van der Waals surface area contributed by atoms with E-state index in [0.29, 0.717) is 16.9 Å². The van der Waals surface area contributed by atoms with Crippen LogP contribution in [0.5, 0.6) is 0 Å². The highest BCUT2D eigenvalue weighted by atomic mass is 14.9. The van der Waals surface area contributed by atoms with Crippen molar-refractivity contribution in [2.75, 3.05) is 0 Å². The lowest BCUT2D eigenvalue weighted by Crippen LogP contribution is -2.55. The number of hydrogen-bond acceptors (Lipinski definition) is 0. The molecule has 1 nitrogen and oxygen atoms in total. The summed E-state index contributed by atoms with van der Waals surface area (Å²) in [5.41, 5.74) is 0.673. The summed E-state index contributed by atoms with van der Waals surface area (Å²) in [6.45, 7) is 17.3. The Morgan fingerprint density at radius 3 is 2.53 bits per heavy atom. The van der Waals surface area contributed by atoms with Gasteiger partial charge in [0.05, 0.1) is 0 Å². The van der Waals surface area contributed by atoms with Gasteiger partial charge in [-0.25, -0.2) is 6.57 Å². The average Bonchev–Trinajstić information content (AvgIpc) is 2.48. The van der Waals surface area contributed by atoms with Gasteiger partial charge < -0.3 is 4.85 Å². The predicted molar refractivity (Wildman–Crippen MR) is 70.4 cm³/mol. The van der Waals surface area contributed by atoms with Crippen LogP contribution in [0, 0.1) is 41.1 Å². The van der Waals surface area contributed by atoms with E-state index in [4.69, 9.17) is 6.57 Å². The Balaban J connectivity index is 2.05. The molecule has 0 spiro atoms. The van der Waals surface area contributed by atoms with Gasteiger partial charge in [-0.1, -0.05) is 27.7 Å². The molecule has 0 aromatic heterocycles. The van der Waals surface area contributed by atoms with Crippen LogP contribution >= 0.6 is 0 Å². The first kappa shape index (κ1) is 11.6. The molecule has 4 aliphatic carbocycles. The van der Waals surface area contributed by atoms with Crippen molar-refractivity contribution in [1.82, 2.24) is 0 Å². The molecule has 94 valence electrons. The Morgan fingerprint density at radius 2 is 1.94 bits per heavy atom. The summed E-state index contributed by atoms with van der Waals surface area (Å²) < 4.78 is 0. The van der Waals surface area contributed by atoms with Crippen LogP contribution in [0.1, 0.15) is 53.4 Å². The molecule has 0 aromatic carbocycles. The Hall–Kier alpha value is -0.510. The van der Waals surface area contributed by atoms with E-state index in [0.717, 1.165) is 23.7 Å². The fraction of sp³-hybridized carbons (Fsp3) is 0.938. The Kier molecular flexibility index (Phi) is 2.23. The molecule has 17 heavy (non-hydrogen) atoms. The average molecular weight is 231 g/mol. The lowest BCUT2D eigenvalue weighted by atomic mass is 9.48. The van der Waals surface area contributed by atoms with Crippen LogP contribution in [-0.2, 0) is 0 Å². The lowest BCUT2D eigenvalue weighted by molar-refractivity contribution is -0.0521. The standard InChI is InChI=1S/C16H25N/c1-10(2)11-9-16(4)13-6-7-15(3,8-12(11)13)14(16)17-5/h10-14H,6-9H2,1-4H3/t11-,12+,13+,14+,15-,16-/m1/s1. The predicted octanol–water partition coefficient (Wildman–Crippen LogP) is 4.39. The minimum Gasteiger partial charge on any atom is -0.312 e. The monoisotopic (exact) mass is 231 g/mol. The topological polar surface area (TPSA) is 4.36 Å². The minimum atomic E-state index is 0.300. The van der Waals surface area contributed by atoms with Gasteiger partial charge in [-0.05, 0) is 49.4 Å². The van der Waals surface area contributed by atoms with Gasteiger partial charge in [0.1, 0.15) is 0 Å². The molecule has 4 aliphatic rings. The second-order valence-electron chi connectivity index (χ2n) is 7.82. The van der Waals surface area contributed by atoms with E-state index in [1.807, 2.05) is 0 Å². The van der Waals surface area contributed by atoms with E-state index < -0.39 is 0 Å². The molecule has 0 heterocycles. The van der Waals surface area contributed by atoms with Gasteiger partial charge >= 0.3 is 0 Å². The molecule has 4 fully saturated rings. The number of hydrogen-bond donors (Lipinski definition) is 0. The van der Waals surface area contributed by atoms with Crippen LogP contribution in [0.4, 0.5) is 0 Å². The molecular weight excluding hydrogens is 206 g/mol. The van der Waals surface area contributed by atoms with E-state index in [-0.39, 0.29) is 0 Å². The van der Waals surface area contributed by atoms with Gasteiger partial charge in [-0.3, -0.25) is 0 Å². The first-order chi connectivity index (χ1) is 7.92. The molecule has 4 saturated carbocycles. The summed E-state index contributed by atoms with van der Waals surface area (Å²) in [5, 5.41) is 0. The summed E-state index contributed by atoms with van der Waals surface area (Å²) in [6.07, 6.45) is 5.36. The zero-order valence-corrected chi connectivity index (χ0v) is 11.7. The molecule has 0 aromatic rings. The zero-order chi connectivity index (χ0) is 12.4. The van der Waals surface area contributed by atoms with Crippen molar-refractivity contribution in [2.24, 2.45) is 34.5 Å². The summed E-state index contributed by atoms with van der Waals surface area (Å²) in [4.78, 5) is 4.10. The molecule has 1 heteroatoms. The molecular formula is C16H25N. The van der Waals surface area contributed by atoms with Crippen molar-refractivity contribution in [3.05, 3.63) is 11.4 Å². The fourth-order valence-corrected chi connectivity index (χ4v) is 5.95. The minimum absolute atomic E-state index is 0.300. The van der Waals surface area contributed by atoms with Gasteiger partial charge in [0.2, 0.25) is 6.04 Å². The normalized spacial score (nSPS) is 56.2. The Labute approximate surface area is 106 Å². The van der Waals surface area contributed by atoms with Crippen molar-refractivity contribution >= 4 is 0 Å². The van der Waals surface area contributed by atoms with Crippen molar-refractivity contribution in [3.63, 3.8) is 0 Å². The second kappa shape index (κ2) is 3.28. The summed E-state index contributed by atoms with van der Waals surface area (Å²) in [6, 6.07) is 0.300. The van der Waals surface area contributed by atoms with Crippen molar-refractivity contribution < 1.29 is 0 Å². The zero-order valence-electron chi connectivity index (χ0n) is 11.7. The van der Waals surface area contributed by atoms with E-state index >= 15 is 0 Å². The van der Waals surface area contributed by atoms with Gasteiger partial charge in [0.25, 0.3) is 0 Å². The molecule has 4 bridgehead atoms. The highest BCUT2D eigenvalue weighted by Gasteiger charge is 2.70. The van der Waals surface area contributed by atoms with Crippen LogP contribution in [0.25, 0.3) is 4.85 Å². The quantitative estimate of drug-likeness (QED) is 0.589. The molecule has 6 atom stereocenters. The van der Waals surface area contributed by atoms with Gasteiger partial charge in [0.15, 0.2) is 0 Å². The molecule has 4 rings (SSSR count). The maximum atomic E-state index is 7.65. The van der Waals surface area contributed by atoms with Crippen molar-refractivity contribution in [3.8, 4) is 0 Å². The maximum absolute atomic E-state index is 7.65. The van der Waals surface area contributed by atoms with Crippen molar-refractivity contribution in [1.29, 1.82) is 0 Å². The third-order valence-electron chi connectivity index (χ3n) is 6.59. The van der Waals surface area contributed by atoms with Crippen LogP contribution in [-0.4, -0.2) is 6.04 Å².